The molecule has 0 bridgehead atoms. The standard InChI is InChI=1S/C13H26N2O/c16-10-4-9-15(13-6-3-7-13)11-12-5-1-2-8-14-12/h12-14,16H,1-11H2. The average molecular weight is 226 g/mol. The number of hydrogen-bond acceptors (Lipinski definition) is 3. The molecule has 1 unspecified atom stereocenters. The number of hydrogen-bond donors (Lipinski definition) is 2. The lowest BCUT2D eigenvalue weighted by atomic mass is 9.90. The van der Waals surface area contributed by atoms with Crippen LogP contribution in [0, 0.1) is 0 Å². The maximum absolute atomic E-state index is 8.95. The summed E-state index contributed by atoms with van der Waals surface area (Å²) in [6.07, 6.45) is 9.15. The van der Waals surface area contributed by atoms with Crippen LogP contribution in [0.4, 0.5) is 0 Å². The van der Waals surface area contributed by atoms with Crippen LogP contribution in [0.2, 0.25) is 0 Å². The van der Waals surface area contributed by atoms with Gasteiger partial charge in [0, 0.05) is 31.8 Å². The van der Waals surface area contributed by atoms with Crippen LogP contribution in [0.15, 0.2) is 0 Å². The second-order valence-corrected chi connectivity index (χ2v) is 5.30. The zero-order valence-electron chi connectivity index (χ0n) is 10.3. The molecule has 1 saturated carbocycles. The molecule has 2 aliphatic rings. The second kappa shape index (κ2) is 6.58. The third kappa shape index (κ3) is 3.44. The van der Waals surface area contributed by atoms with E-state index in [9.17, 15) is 0 Å². The number of nitrogens with one attached hydrogen (secondary N) is 1. The van der Waals surface area contributed by atoms with Crippen LogP contribution in [-0.2, 0) is 0 Å². The van der Waals surface area contributed by atoms with Gasteiger partial charge in [0.05, 0.1) is 0 Å². The molecule has 1 heterocycles. The minimum absolute atomic E-state index is 0.335. The molecule has 1 aliphatic carbocycles. The molecule has 0 aromatic carbocycles. The summed E-state index contributed by atoms with van der Waals surface area (Å²) in [6.45, 7) is 3.81. The van der Waals surface area contributed by atoms with Crippen molar-refractivity contribution in [2.75, 3.05) is 26.2 Å². The van der Waals surface area contributed by atoms with Crippen LogP contribution in [0.25, 0.3) is 0 Å². The summed E-state index contributed by atoms with van der Waals surface area (Å²) in [7, 11) is 0. The van der Waals surface area contributed by atoms with Gasteiger partial charge in [-0.15, -0.1) is 0 Å². The van der Waals surface area contributed by atoms with E-state index in [1.807, 2.05) is 0 Å². The summed E-state index contributed by atoms with van der Waals surface area (Å²) in [4.78, 5) is 2.61. The highest BCUT2D eigenvalue weighted by molar-refractivity contribution is 4.84. The highest BCUT2D eigenvalue weighted by atomic mass is 16.3. The highest BCUT2D eigenvalue weighted by Crippen LogP contribution is 2.25. The van der Waals surface area contributed by atoms with E-state index in [2.05, 4.69) is 10.2 Å². The van der Waals surface area contributed by atoms with Crippen molar-refractivity contribution in [3.8, 4) is 0 Å². The van der Waals surface area contributed by atoms with E-state index in [0.29, 0.717) is 12.6 Å². The lowest BCUT2D eigenvalue weighted by molar-refractivity contribution is 0.100. The summed E-state index contributed by atoms with van der Waals surface area (Å²) in [5.74, 6) is 0. The molecular weight excluding hydrogens is 200 g/mol. The van der Waals surface area contributed by atoms with Crippen LogP contribution in [0.3, 0.4) is 0 Å². The third-order valence-corrected chi connectivity index (χ3v) is 4.06. The number of nitrogens with zero attached hydrogens (tertiary/aromatic N) is 1. The first-order chi connectivity index (χ1) is 7.90. The van der Waals surface area contributed by atoms with Gasteiger partial charge in [-0.25, -0.2) is 0 Å². The second-order valence-electron chi connectivity index (χ2n) is 5.30. The molecule has 94 valence electrons. The summed E-state index contributed by atoms with van der Waals surface area (Å²) in [5, 5.41) is 12.6. The van der Waals surface area contributed by atoms with E-state index >= 15 is 0 Å². The predicted octanol–water partition coefficient (Wildman–Crippen LogP) is 1.37. The number of aliphatic hydroxyl groups excluding tert-OH is 1. The van der Waals surface area contributed by atoms with Gasteiger partial charge in [-0.3, -0.25) is 4.90 Å². The summed E-state index contributed by atoms with van der Waals surface area (Å²) in [5.41, 5.74) is 0. The lowest BCUT2D eigenvalue weighted by Crippen LogP contribution is -2.49. The molecule has 1 atom stereocenters. The van der Waals surface area contributed by atoms with Gasteiger partial charge in [0.1, 0.15) is 0 Å². The van der Waals surface area contributed by atoms with E-state index < -0.39 is 0 Å². The van der Waals surface area contributed by atoms with Gasteiger partial charge in [0.25, 0.3) is 0 Å². The average Bonchev–Trinajstić information content (AvgIpc) is 2.25. The fourth-order valence-electron chi connectivity index (χ4n) is 2.81. The number of piperidine rings is 1. The third-order valence-electron chi connectivity index (χ3n) is 4.06. The summed E-state index contributed by atoms with van der Waals surface area (Å²) in [6, 6.07) is 1.52. The molecule has 1 saturated heterocycles. The first kappa shape index (κ1) is 12.3. The molecule has 3 heteroatoms. The van der Waals surface area contributed by atoms with Gasteiger partial charge < -0.3 is 10.4 Å². The zero-order valence-corrected chi connectivity index (χ0v) is 10.3. The van der Waals surface area contributed by atoms with E-state index in [4.69, 9.17) is 5.11 Å². The van der Waals surface area contributed by atoms with Gasteiger partial charge in [0.15, 0.2) is 0 Å². The van der Waals surface area contributed by atoms with E-state index in [0.717, 1.165) is 19.0 Å². The first-order valence-electron chi connectivity index (χ1n) is 6.98. The van der Waals surface area contributed by atoms with Crippen LogP contribution in [0.1, 0.15) is 44.9 Å². The van der Waals surface area contributed by atoms with Crippen LogP contribution in [-0.4, -0.2) is 48.3 Å². The van der Waals surface area contributed by atoms with Crippen LogP contribution in [0.5, 0.6) is 0 Å². The smallest absolute Gasteiger partial charge is 0.0443 e. The Morgan fingerprint density at radius 2 is 2.00 bits per heavy atom. The molecule has 1 aliphatic heterocycles. The molecule has 0 aromatic rings. The molecule has 16 heavy (non-hydrogen) atoms. The Kier molecular flexibility index (Phi) is 5.07. The highest BCUT2D eigenvalue weighted by Gasteiger charge is 2.26. The molecule has 2 N–H and O–H groups in total. The summed E-state index contributed by atoms with van der Waals surface area (Å²) < 4.78 is 0. The monoisotopic (exact) mass is 226 g/mol. The minimum Gasteiger partial charge on any atom is -0.396 e. The Labute approximate surface area is 99.2 Å². The Bertz CT molecular complexity index is 188. The predicted molar refractivity (Wildman–Crippen MR) is 66.6 cm³/mol. The fraction of sp³-hybridized carbons (Fsp3) is 1.00. The molecule has 0 radical (unpaired) electrons. The lowest BCUT2D eigenvalue weighted by Gasteiger charge is -2.40. The first-order valence-corrected chi connectivity index (χ1v) is 6.98. The fourth-order valence-corrected chi connectivity index (χ4v) is 2.81. The van der Waals surface area contributed by atoms with E-state index in [-0.39, 0.29) is 0 Å². The van der Waals surface area contributed by atoms with Gasteiger partial charge in [0.2, 0.25) is 0 Å². The molecule has 0 spiro atoms. The quantitative estimate of drug-likeness (QED) is 0.718. The van der Waals surface area contributed by atoms with Crippen LogP contribution < -0.4 is 5.32 Å². The maximum atomic E-state index is 8.95. The van der Waals surface area contributed by atoms with E-state index in [1.165, 1.54) is 51.6 Å². The molecule has 2 fully saturated rings. The molecule has 0 amide bonds. The van der Waals surface area contributed by atoms with Gasteiger partial charge in [-0.05, 0) is 38.6 Å². The Hall–Kier alpha value is -0.120. The normalized spacial score (nSPS) is 27.0. The van der Waals surface area contributed by atoms with Gasteiger partial charge in [-0.1, -0.05) is 12.8 Å². The van der Waals surface area contributed by atoms with Crippen molar-refractivity contribution in [3.05, 3.63) is 0 Å². The Balaban J connectivity index is 1.75. The van der Waals surface area contributed by atoms with Crippen molar-refractivity contribution >= 4 is 0 Å². The van der Waals surface area contributed by atoms with Crippen molar-refractivity contribution in [2.45, 2.75) is 57.0 Å². The number of aliphatic hydroxyl groups is 1. The van der Waals surface area contributed by atoms with Crippen molar-refractivity contribution in [1.82, 2.24) is 10.2 Å². The SMILES string of the molecule is OCCCN(CC1CCCCN1)C1CCC1. The van der Waals surface area contributed by atoms with Crippen molar-refractivity contribution < 1.29 is 5.11 Å². The largest absolute Gasteiger partial charge is 0.396 e. The van der Waals surface area contributed by atoms with Crippen molar-refractivity contribution in [2.24, 2.45) is 0 Å². The minimum atomic E-state index is 0.335. The Morgan fingerprint density at radius 3 is 2.56 bits per heavy atom. The summed E-state index contributed by atoms with van der Waals surface area (Å²) >= 11 is 0. The number of rotatable bonds is 6. The topological polar surface area (TPSA) is 35.5 Å². The molecule has 0 aromatic heterocycles. The van der Waals surface area contributed by atoms with Crippen LogP contribution >= 0.6 is 0 Å². The maximum Gasteiger partial charge on any atom is 0.0443 e. The Morgan fingerprint density at radius 1 is 1.12 bits per heavy atom. The zero-order chi connectivity index (χ0) is 11.2. The van der Waals surface area contributed by atoms with Crippen molar-refractivity contribution in [1.29, 1.82) is 0 Å². The molecule has 3 nitrogen and oxygen atoms in total. The van der Waals surface area contributed by atoms with Gasteiger partial charge >= 0.3 is 0 Å². The molecule has 2 rings (SSSR count). The van der Waals surface area contributed by atoms with E-state index in [1.54, 1.807) is 0 Å². The van der Waals surface area contributed by atoms with Crippen molar-refractivity contribution in [3.63, 3.8) is 0 Å². The molecular formula is C13H26N2O. The van der Waals surface area contributed by atoms with Gasteiger partial charge in [-0.2, -0.15) is 0 Å².